The second kappa shape index (κ2) is 20.0. The molecule has 2 aliphatic carbocycles. The standard InChI is InChI=1S/C7H16ClNO2S.C7H15NO2S.C4H11N.C3H6Cl2O2S.C3H7NO2S/c1-7(2,3)9-12(10,11)6-4-5-8;1-7(2,3)8-11(9,10)6-4-5-6;1-4(2,3)5;4-2-1-3-8(5,6)7;4-7(5,6)3-1-2-3/h9H,4-6H2,1-3H3;6,8H,4-5H2,1-3H3;5H2,1-3H3;1-3H2;3H,1-2H2,(H2,4,5,6). The lowest BCUT2D eigenvalue weighted by Gasteiger charge is -2.19. The quantitative estimate of drug-likeness (QED) is 0.189. The maximum absolute atomic E-state index is 11.3. The minimum atomic E-state index is -3.30. The number of rotatable bonds is 10. The first kappa shape index (κ1) is 47.9. The third-order valence-electron chi connectivity index (χ3n) is 3.93. The van der Waals surface area contributed by atoms with Gasteiger partial charge < -0.3 is 5.73 Å². The Hall–Kier alpha value is 0.510. The Morgan fingerprint density at radius 3 is 1.16 bits per heavy atom. The van der Waals surface area contributed by atoms with Crippen molar-refractivity contribution in [3.8, 4) is 0 Å². The third-order valence-corrected chi connectivity index (χ3v) is 11.1. The van der Waals surface area contributed by atoms with Gasteiger partial charge in [-0.05, 0) is 101 Å². The van der Waals surface area contributed by atoms with Gasteiger partial charge in [-0.3, -0.25) is 0 Å². The summed E-state index contributed by atoms with van der Waals surface area (Å²) in [6, 6.07) is 0. The zero-order valence-corrected chi connectivity index (χ0v) is 32.4. The Morgan fingerprint density at radius 1 is 0.651 bits per heavy atom. The van der Waals surface area contributed by atoms with Gasteiger partial charge in [0.25, 0.3) is 0 Å². The molecule has 0 aromatic carbocycles. The average Bonchev–Trinajstić information content (AvgIpc) is 3.58. The van der Waals surface area contributed by atoms with E-state index in [2.05, 4.69) is 9.44 Å². The molecule has 0 aromatic rings. The zero-order valence-electron chi connectivity index (χ0n) is 26.9. The van der Waals surface area contributed by atoms with Crippen LogP contribution in [0.1, 0.15) is 101 Å². The molecule has 0 saturated heterocycles. The maximum Gasteiger partial charge on any atom is 0.232 e. The molecule has 0 amide bonds. The molecule has 0 spiro atoms. The van der Waals surface area contributed by atoms with Crippen LogP contribution in [0.15, 0.2) is 0 Å². The SMILES string of the molecule is CC(C)(C)N.CC(C)(C)NS(=O)(=O)C1CC1.CC(C)(C)NS(=O)(=O)CCCCl.NS(=O)(=O)C1CC1.O=S(=O)(Cl)CCCCl. The highest BCUT2D eigenvalue weighted by atomic mass is 35.7. The highest BCUT2D eigenvalue weighted by Gasteiger charge is 2.37. The molecular weight excluding hydrogens is 707 g/mol. The number of alkyl halides is 2. The number of primary sulfonamides is 1. The lowest BCUT2D eigenvalue weighted by atomic mass is 10.1. The van der Waals surface area contributed by atoms with Crippen LogP contribution in [0.3, 0.4) is 0 Å². The molecule has 2 rings (SSSR count). The molecule has 264 valence electrons. The summed E-state index contributed by atoms with van der Waals surface area (Å²) in [4.78, 5) is 0. The first-order valence-electron chi connectivity index (χ1n) is 13.6. The summed E-state index contributed by atoms with van der Waals surface area (Å²) in [6.07, 6.45) is 4.09. The van der Waals surface area contributed by atoms with E-state index in [0.717, 1.165) is 25.7 Å². The van der Waals surface area contributed by atoms with Crippen molar-refractivity contribution < 1.29 is 33.7 Å². The predicted molar refractivity (Wildman–Crippen MR) is 182 cm³/mol. The van der Waals surface area contributed by atoms with Crippen molar-refractivity contribution in [2.75, 3.05) is 23.3 Å². The van der Waals surface area contributed by atoms with E-state index in [-0.39, 0.29) is 33.1 Å². The molecular formula is C24H55Cl3N4O8S4. The van der Waals surface area contributed by atoms with Crippen molar-refractivity contribution in [2.24, 2.45) is 10.9 Å². The first-order valence-corrected chi connectivity index (χ1v) is 22.0. The number of hydrogen-bond acceptors (Lipinski definition) is 9. The molecule has 0 aliphatic heterocycles. The van der Waals surface area contributed by atoms with Crippen LogP contribution in [-0.4, -0.2) is 84.1 Å². The molecule has 0 heterocycles. The van der Waals surface area contributed by atoms with Crippen LogP contribution in [-0.2, 0) is 39.1 Å². The summed E-state index contributed by atoms with van der Waals surface area (Å²) in [5.41, 5.74) is 4.62. The average molecular weight is 762 g/mol. The number of nitrogens with one attached hydrogen (secondary N) is 2. The van der Waals surface area contributed by atoms with E-state index >= 15 is 0 Å². The summed E-state index contributed by atoms with van der Waals surface area (Å²) >= 11 is 10.6. The fourth-order valence-corrected chi connectivity index (χ4v) is 7.80. The molecule has 6 N–H and O–H groups in total. The molecule has 2 saturated carbocycles. The van der Waals surface area contributed by atoms with E-state index in [1.165, 1.54) is 0 Å². The summed E-state index contributed by atoms with van der Waals surface area (Å²) in [6.45, 7) is 16.9. The van der Waals surface area contributed by atoms with Crippen molar-refractivity contribution in [1.82, 2.24) is 9.44 Å². The van der Waals surface area contributed by atoms with Crippen molar-refractivity contribution >= 4 is 73.0 Å². The summed E-state index contributed by atoms with van der Waals surface area (Å²) in [7, 11) is -7.73. The van der Waals surface area contributed by atoms with Gasteiger partial charge in [-0.25, -0.2) is 48.3 Å². The Balaban J connectivity index is -0.000000479. The minimum absolute atomic E-state index is 0. The molecule has 2 fully saturated rings. The van der Waals surface area contributed by atoms with E-state index < -0.39 is 44.7 Å². The van der Waals surface area contributed by atoms with Gasteiger partial charge in [0.2, 0.25) is 39.1 Å². The normalized spacial score (nSPS) is 16.1. The van der Waals surface area contributed by atoms with E-state index in [9.17, 15) is 33.7 Å². The Bertz CT molecular complexity index is 1200. The van der Waals surface area contributed by atoms with Crippen LogP contribution in [0.4, 0.5) is 0 Å². The van der Waals surface area contributed by atoms with Crippen LogP contribution in [0.25, 0.3) is 0 Å². The van der Waals surface area contributed by atoms with E-state index in [1.807, 2.05) is 62.3 Å². The monoisotopic (exact) mass is 760 g/mol. The van der Waals surface area contributed by atoms with Crippen molar-refractivity contribution in [1.29, 1.82) is 0 Å². The molecule has 0 aromatic heterocycles. The number of hydrogen-bond donors (Lipinski definition) is 4. The van der Waals surface area contributed by atoms with Crippen LogP contribution in [0.5, 0.6) is 0 Å². The highest BCUT2D eigenvalue weighted by Crippen LogP contribution is 2.28. The smallest absolute Gasteiger partial charge is 0.232 e. The van der Waals surface area contributed by atoms with Gasteiger partial charge in [-0.15, -0.1) is 23.2 Å². The van der Waals surface area contributed by atoms with Gasteiger partial charge in [0.1, 0.15) is 0 Å². The number of sulfonamides is 3. The Labute approximate surface area is 276 Å². The van der Waals surface area contributed by atoms with Gasteiger partial charge in [0, 0.05) is 39.1 Å². The molecule has 19 heteroatoms. The fourth-order valence-electron chi connectivity index (χ4n) is 2.27. The van der Waals surface area contributed by atoms with Crippen molar-refractivity contribution in [2.45, 2.75) is 128 Å². The number of halogens is 3. The molecule has 0 bridgehead atoms. The summed E-state index contributed by atoms with van der Waals surface area (Å²) < 4.78 is 90.8. The predicted octanol–water partition coefficient (Wildman–Crippen LogP) is 3.56. The lowest BCUT2D eigenvalue weighted by Crippen LogP contribution is -2.42. The van der Waals surface area contributed by atoms with Crippen LogP contribution < -0.4 is 20.3 Å². The minimum Gasteiger partial charge on any atom is -0.326 e. The summed E-state index contributed by atoms with van der Waals surface area (Å²) in [5, 5.41) is 4.40. The van der Waals surface area contributed by atoms with E-state index in [1.54, 1.807) is 0 Å². The first-order chi connectivity index (χ1) is 18.7. The summed E-state index contributed by atoms with van der Waals surface area (Å²) in [5.74, 6) is 0.794. The lowest BCUT2D eigenvalue weighted by molar-refractivity contribution is 0.489. The van der Waals surface area contributed by atoms with Crippen molar-refractivity contribution in [3.63, 3.8) is 0 Å². The molecule has 0 atom stereocenters. The Kier molecular flexibility index (Phi) is 22.3. The van der Waals surface area contributed by atoms with Crippen LogP contribution >= 0.6 is 33.9 Å². The van der Waals surface area contributed by atoms with Crippen LogP contribution in [0.2, 0.25) is 0 Å². The number of nitrogens with two attached hydrogens (primary N) is 2. The molecule has 0 radical (unpaired) electrons. The van der Waals surface area contributed by atoms with Gasteiger partial charge in [0.15, 0.2) is 0 Å². The highest BCUT2D eigenvalue weighted by molar-refractivity contribution is 8.13. The molecule has 43 heavy (non-hydrogen) atoms. The van der Waals surface area contributed by atoms with Gasteiger partial charge in [-0.2, -0.15) is 0 Å². The molecule has 2 aliphatic rings. The van der Waals surface area contributed by atoms with E-state index in [0.29, 0.717) is 24.6 Å². The maximum atomic E-state index is 11.3. The largest absolute Gasteiger partial charge is 0.326 e. The molecule has 12 nitrogen and oxygen atoms in total. The fraction of sp³-hybridized carbons (Fsp3) is 1.00. The van der Waals surface area contributed by atoms with Gasteiger partial charge in [0.05, 0.1) is 22.0 Å². The second-order valence-electron chi connectivity index (χ2n) is 13.2. The van der Waals surface area contributed by atoms with Gasteiger partial charge in [-0.1, -0.05) is 0 Å². The third kappa shape index (κ3) is 42.5. The van der Waals surface area contributed by atoms with E-state index in [4.69, 9.17) is 44.8 Å². The van der Waals surface area contributed by atoms with Crippen molar-refractivity contribution in [3.05, 3.63) is 0 Å². The molecule has 0 unspecified atom stereocenters. The topological polar surface area (TPSA) is 213 Å². The van der Waals surface area contributed by atoms with Gasteiger partial charge >= 0.3 is 0 Å². The zero-order chi connectivity index (χ0) is 35.1. The Morgan fingerprint density at radius 2 is 0.977 bits per heavy atom. The van der Waals surface area contributed by atoms with Crippen LogP contribution in [0, 0.1) is 0 Å². The second-order valence-corrected chi connectivity index (χ2v) is 22.5.